The molecule has 0 bridgehead atoms. The number of piperidine rings is 1. The second kappa shape index (κ2) is 4.41. The summed E-state index contributed by atoms with van der Waals surface area (Å²) in [5.41, 5.74) is 2.04. The number of rotatable bonds is 2. The van der Waals surface area contributed by atoms with Crippen molar-refractivity contribution < 1.29 is 9.15 Å². The largest absolute Gasteiger partial charge is 0.486 e. The Morgan fingerprint density at radius 3 is 2.94 bits per heavy atom. The van der Waals surface area contributed by atoms with Crippen LogP contribution in [0, 0.1) is 6.92 Å². The van der Waals surface area contributed by atoms with Gasteiger partial charge >= 0.3 is 0 Å². The number of aryl methyl sites for hydroxylation is 1. The summed E-state index contributed by atoms with van der Waals surface area (Å²) in [6.07, 6.45) is 4.24. The second-order valence-electron chi connectivity index (χ2n) is 4.62. The molecule has 0 spiro atoms. The summed E-state index contributed by atoms with van der Waals surface area (Å²) in [4.78, 5) is 0. The first-order valence-electron chi connectivity index (χ1n) is 6.19. The minimum atomic E-state index is 0.312. The van der Waals surface area contributed by atoms with E-state index < -0.39 is 0 Å². The highest BCUT2D eigenvalue weighted by atomic mass is 16.5. The minimum Gasteiger partial charge on any atom is -0.486 e. The van der Waals surface area contributed by atoms with Gasteiger partial charge in [0.1, 0.15) is 6.10 Å². The third kappa shape index (κ3) is 2.03. The predicted octanol–water partition coefficient (Wildman–Crippen LogP) is 2.87. The number of hydrogen-bond acceptors (Lipinski definition) is 3. The van der Waals surface area contributed by atoms with Crippen LogP contribution in [0.1, 0.15) is 18.4 Å². The molecule has 0 amide bonds. The van der Waals surface area contributed by atoms with Gasteiger partial charge in [0.2, 0.25) is 0 Å². The number of fused-ring (bicyclic) bond motifs is 1. The molecule has 2 heterocycles. The maximum atomic E-state index is 6.05. The monoisotopic (exact) mass is 231 g/mol. The molecule has 0 saturated carbocycles. The highest BCUT2D eigenvalue weighted by Crippen LogP contribution is 2.30. The van der Waals surface area contributed by atoms with Gasteiger partial charge in [-0.25, -0.2) is 0 Å². The summed E-state index contributed by atoms with van der Waals surface area (Å²) >= 11 is 0. The fraction of sp³-hybridized carbons (Fsp3) is 0.429. The summed E-state index contributed by atoms with van der Waals surface area (Å²) in [5, 5.41) is 4.49. The van der Waals surface area contributed by atoms with Gasteiger partial charge in [-0.2, -0.15) is 0 Å². The number of ether oxygens (including phenoxy) is 1. The van der Waals surface area contributed by atoms with E-state index in [1.807, 2.05) is 12.1 Å². The van der Waals surface area contributed by atoms with Crippen LogP contribution in [-0.2, 0) is 0 Å². The molecule has 0 radical (unpaired) electrons. The van der Waals surface area contributed by atoms with E-state index in [0.717, 1.165) is 48.2 Å². The topological polar surface area (TPSA) is 34.4 Å². The van der Waals surface area contributed by atoms with Crippen molar-refractivity contribution in [3.05, 3.63) is 30.0 Å². The van der Waals surface area contributed by atoms with E-state index in [1.54, 1.807) is 6.26 Å². The van der Waals surface area contributed by atoms with Crippen LogP contribution in [0.15, 0.2) is 28.9 Å². The zero-order valence-electron chi connectivity index (χ0n) is 10.0. The lowest BCUT2D eigenvalue weighted by Gasteiger charge is -2.23. The molecule has 2 aromatic rings. The quantitative estimate of drug-likeness (QED) is 0.863. The predicted molar refractivity (Wildman–Crippen MR) is 67.5 cm³/mol. The molecular weight excluding hydrogens is 214 g/mol. The third-order valence-electron chi connectivity index (χ3n) is 3.34. The Bertz CT molecular complexity index is 512. The number of benzene rings is 1. The number of nitrogens with one attached hydrogen (secondary N) is 1. The van der Waals surface area contributed by atoms with Gasteiger partial charge in [0.05, 0.1) is 6.26 Å². The van der Waals surface area contributed by atoms with E-state index in [4.69, 9.17) is 9.15 Å². The minimum absolute atomic E-state index is 0.312. The van der Waals surface area contributed by atoms with Gasteiger partial charge in [-0.3, -0.25) is 0 Å². The Balaban J connectivity index is 1.89. The van der Waals surface area contributed by atoms with E-state index >= 15 is 0 Å². The van der Waals surface area contributed by atoms with Crippen molar-refractivity contribution in [3.63, 3.8) is 0 Å². The Morgan fingerprint density at radius 2 is 2.12 bits per heavy atom. The summed E-state index contributed by atoms with van der Waals surface area (Å²) in [5.74, 6) is 0.877. The van der Waals surface area contributed by atoms with Gasteiger partial charge in [-0.15, -0.1) is 0 Å². The zero-order chi connectivity index (χ0) is 11.7. The zero-order valence-corrected chi connectivity index (χ0v) is 10.0. The van der Waals surface area contributed by atoms with Crippen LogP contribution in [0.25, 0.3) is 11.0 Å². The van der Waals surface area contributed by atoms with E-state index in [-0.39, 0.29) is 0 Å². The molecule has 1 aliphatic rings. The number of furan rings is 1. The van der Waals surface area contributed by atoms with Crippen molar-refractivity contribution in [3.8, 4) is 5.75 Å². The van der Waals surface area contributed by atoms with Crippen molar-refractivity contribution in [2.45, 2.75) is 25.9 Å². The van der Waals surface area contributed by atoms with Crippen LogP contribution in [0.2, 0.25) is 0 Å². The first-order chi connectivity index (χ1) is 8.34. The molecule has 1 N–H and O–H groups in total. The Hall–Kier alpha value is -1.48. The first kappa shape index (κ1) is 10.7. The molecular formula is C14H17NO2. The molecule has 1 saturated heterocycles. The molecule has 17 heavy (non-hydrogen) atoms. The summed E-state index contributed by atoms with van der Waals surface area (Å²) in [6.45, 7) is 4.13. The Morgan fingerprint density at radius 1 is 1.29 bits per heavy atom. The van der Waals surface area contributed by atoms with Crippen molar-refractivity contribution in [1.82, 2.24) is 5.32 Å². The van der Waals surface area contributed by atoms with Gasteiger partial charge in [0.15, 0.2) is 11.3 Å². The smallest absolute Gasteiger partial charge is 0.175 e. The summed E-state index contributed by atoms with van der Waals surface area (Å²) in [7, 11) is 0. The molecule has 90 valence electrons. The van der Waals surface area contributed by atoms with E-state index in [2.05, 4.69) is 18.3 Å². The van der Waals surface area contributed by atoms with E-state index in [1.165, 1.54) is 0 Å². The van der Waals surface area contributed by atoms with Crippen molar-refractivity contribution >= 4 is 11.0 Å². The molecule has 1 aromatic heterocycles. The lowest BCUT2D eigenvalue weighted by atomic mass is 10.1. The molecule has 1 aliphatic heterocycles. The maximum absolute atomic E-state index is 6.05. The van der Waals surface area contributed by atoms with Crippen LogP contribution < -0.4 is 10.1 Å². The number of hydrogen-bond donors (Lipinski definition) is 1. The van der Waals surface area contributed by atoms with Crippen molar-refractivity contribution in [2.24, 2.45) is 0 Å². The Kier molecular flexibility index (Phi) is 2.77. The highest BCUT2D eigenvalue weighted by molar-refractivity contribution is 5.85. The molecule has 0 unspecified atom stereocenters. The van der Waals surface area contributed by atoms with Gasteiger partial charge in [-0.05, 0) is 44.5 Å². The average Bonchev–Trinajstić information content (AvgIpc) is 2.74. The van der Waals surface area contributed by atoms with E-state index in [9.17, 15) is 0 Å². The van der Waals surface area contributed by atoms with Crippen LogP contribution in [0.5, 0.6) is 5.75 Å². The van der Waals surface area contributed by atoms with Gasteiger partial charge in [0, 0.05) is 5.39 Å². The molecule has 3 nitrogen and oxygen atoms in total. The molecule has 1 aromatic carbocycles. The van der Waals surface area contributed by atoms with Gasteiger partial charge in [0.25, 0.3) is 0 Å². The van der Waals surface area contributed by atoms with Crippen LogP contribution in [0.4, 0.5) is 0 Å². The lowest BCUT2D eigenvalue weighted by molar-refractivity contribution is 0.163. The first-order valence-corrected chi connectivity index (χ1v) is 6.19. The fourth-order valence-electron chi connectivity index (χ4n) is 2.34. The number of para-hydroxylation sites is 1. The molecule has 0 aliphatic carbocycles. The highest BCUT2D eigenvalue weighted by Gasteiger charge is 2.16. The third-order valence-corrected chi connectivity index (χ3v) is 3.34. The fourth-order valence-corrected chi connectivity index (χ4v) is 2.34. The maximum Gasteiger partial charge on any atom is 0.175 e. The molecule has 0 atom stereocenters. The summed E-state index contributed by atoms with van der Waals surface area (Å²) < 4.78 is 11.6. The standard InChI is InChI=1S/C14H17NO2/c1-10-9-16-14-12(10)3-2-4-13(14)17-11-5-7-15-8-6-11/h2-4,9,11,15H,5-8H2,1H3. The molecule has 3 heteroatoms. The lowest BCUT2D eigenvalue weighted by Crippen LogP contribution is -2.34. The van der Waals surface area contributed by atoms with Crippen LogP contribution >= 0.6 is 0 Å². The van der Waals surface area contributed by atoms with Crippen molar-refractivity contribution in [2.75, 3.05) is 13.1 Å². The van der Waals surface area contributed by atoms with E-state index in [0.29, 0.717) is 6.10 Å². The molecule has 3 rings (SSSR count). The van der Waals surface area contributed by atoms with Crippen LogP contribution in [-0.4, -0.2) is 19.2 Å². The summed E-state index contributed by atoms with van der Waals surface area (Å²) in [6, 6.07) is 6.10. The van der Waals surface area contributed by atoms with Crippen LogP contribution in [0.3, 0.4) is 0 Å². The van der Waals surface area contributed by atoms with Gasteiger partial charge in [-0.1, -0.05) is 12.1 Å². The van der Waals surface area contributed by atoms with Gasteiger partial charge < -0.3 is 14.5 Å². The van der Waals surface area contributed by atoms with Crippen molar-refractivity contribution in [1.29, 1.82) is 0 Å². The normalized spacial score (nSPS) is 17.5. The average molecular weight is 231 g/mol. The molecule has 1 fully saturated rings. The second-order valence-corrected chi connectivity index (χ2v) is 4.62. The Labute approximate surface area is 101 Å². The SMILES string of the molecule is Cc1coc2c(OC3CCNCC3)cccc12.